The number of aryl methyl sites for hydroxylation is 2. The largest absolute Gasteiger partial charge is 0.324 e. The molecule has 1 heterocycles. The summed E-state index contributed by atoms with van der Waals surface area (Å²) < 4.78 is 0. The molecule has 0 aromatic heterocycles. The Balaban J connectivity index is 1.48. The Morgan fingerprint density at radius 1 is 0.935 bits per heavy atom. The first-order valence-electron chi connectivity index (χ1n) is 11.2. The SMILES string of the molecule is Cc1cccc(C)c1NC(=O)[C@H](Cc1ccccc1)N1C(=O)[C@@H]2[C@@H]3CC[C@H](C3)[C@@H]2C1=O. The lowest BCUT2D eigenvalue weighted by Crippen LogP contribution is -2.49. The van der Waals surface area contributed by atoms with Crippen molar-refractivity contribution < 1.29 is 14.4 Å². The van der Waals surface area contributed by atoms with E-state index in [9.17, 15) is 14.4 Å². The first-order chi connectivity index (χ1) is 15.0. The second-order valence-electron chi connectivity index (χ2n) is 9.39. The molecule has 1 saturated heterocycles. The van der Waals surface area contributed by atoms with Gasteiger partial charge in [-0.2, -0.15) is 0 Å². The van der Waals surface area contributed by atoms with Crippen LogP contribution in [0.15, 0.2) is 48.5 Å². The number of amides is 3. The zero-order valence-corrected chi connectivity index (χ0v) is 18.0. The van der Waals surface area contributed by atoms with Crippen molar-refractivity contribution in [3.05, 3.63) is 65.2 Å². The van der Waals surface area contributed by atoms with Gasteiger partial charge in [0.25, 0.3) is 0 Å². The predicted molar refractivity (Wildman–Crippen MR) is 118 cm³/mol. The molecule has 2 aromatic rings. The van der Waals surface area contributed by atoms with Crippen LogP contribution in [0.1, 0.15) is 36.0 Å². The van der Waals surface area contributed by atoms with Gasteiger partial charge >= 0.3 is 0 Å². The zero-order valence-electron chi connectivity index (χ0n) is 18.0. The summed E-state index contributed by atoms with van der Waals surface area (Å²) in [5, 5.41) is 3.04. The van der Waals surface area contributed by atoms with E-state index in [1.165, 1.54) is 4.90 Å². The number of hydrogen-bond acceptors (Lipinski definition) is 3. The zero-order chi connectivity index (χ0) is 21.7. The van der Waals surface area contributed by atoms with Gasteiger partial charge in [0.05, 0.1) is 11.8 Å². The Bertz CT molecular complexity index is 1000. The van der Waals surface area contributed by atoms with Gasteiger partial charge in [0, 0.05) is 12.1 Å². The van der Waals surface area contributed by atoms with Gasteiger partial charge in [0.1, 0.15) is 6.04 Å². The van der Waals surface area contributed by atoms with Crippen LogP contribution in [0, 0.1) is 37.5 Å². The second kappa shape index (κ2) is 7.63. The molecule has 5 heteroatoms. The van der Waals surface area contributed by atoms with E-state index in [0.717, 1.165) is 41.6 Å². The van der Waals surface area contributed by atoms with Crippen molar-refractivity contribution in [3.8, 4) is 0 Å². The molecule has 160 valence electrons. The number of nitrogens with one attached hydrogen (secondary N) is 1. The number of imide groups is 1. The van der Waals surface area contributed by atoms with Gasteiger partial charge in [-0.1, -0.05) is 48.5 Å². The summed E-state index contributed by atoms with van der Waals surface area (Å²) >= 11 is 0. The third-order valence-corrected chi connectivity index (χ3v) is 7.58. The van der Waals surface area contributed by atoms with E-state index in [-0.39, 0.29) is 29.6 Å². The molecule has 2 bridgehead atoms. The van der Waals surface area contributed by atoms with Crippen LogP contribution in [0.3, 0.4) is 0 Å². The fourth-order valence-corrected chi connectivity index (χ4v) is 6.10. The van der Waals surface area contributed by atoms with Crippen molar-refractivity contribution in [1.82, 2.24) is 4.90 Å². The molecule has 5 rings (SSSR count). The Kier molecular flexibility index (Phi) is 4.92. The fraction of sp³-hybridized carbons (Fsp3) is 0.423. The third-order valence-electron chi connectivity index (χ3n) is 7.58. The Morgan fingerprint density at radius 3 is 2.10 bits per heavy atom. The van der Waals surface area contributed by atoms with Crippen molar-refractivity contribution in [2.75, 3.05) is 5.32 Å². The maximum Gasteiger partial charge on any atom is 0.248 e. The minimum Gasteiger partial charge on any atom is -0.324 e. The molecule has 2 aliphatic carbocycles. The number of rotatable bonds is 5. The highest BCUT2D eigenvalue weighted by Gasteiger charge is 2.62. The summed E-state index contributed by atoms with van der Waals surface area (Å²) in [6.07, 6.45) is 3.36. The number of anilines is 1. The molecule has 2 aromatic carbocycles. The normalized spacial score (nSPS) is 27.5. The molecule has 0 unspecified atom stereocenters. The number of hydrogen-bond donors (Lipinski definition) is 1. The maximum atomic E-state index is 13.5. The first kappa shape index (κ1) is 20.0. The molecular weight excluding hydrogens is 388 g/mol. The van der Waals surface area contributed by atoms with Crippen LogP contribution in [0.2, 0.25) is 0 Å². The minimum atomic E-state index is -0.841. The van der Waals surface area contributed by atoms with Crippen molar-refractivity contribution in [1.29, 1.82) is 0 Å². The van der Waals surface area contributed by atoms with E-state index in [0.29, 0.717) is 18.3 Å². The molecule has 0 radical (unpaired) electrons. The molecular formula is C26H28N2O3. The Hall–Kier alpha value is -2.95. The van der Waals surface area contributed by atoms with Crippen LogP contribution in [0.25, 0.3) is 0 Å². The summed E-state index contributed by atoms with van der Waals surface area (Å²) in [4.78, 5) is 41.7. The average Bonchev–Trinajstić information content (AvgIpc) is 3.44. The monoisotopic (exact) mass is 416 g/mol. The molecule has 3 amide bonds. The molecule has 0 spiro atoms. The Morgan fingerprint density at radius 2 is 1.52 bits per heavy atom. The number of benzene rings is 2. The number of para-hydroxylation sites is 1. The van der Waals surface area contributed by atoms with E-state index in [1.807, 2.05) is 62.4 Å². The van der Waals surface area contributed by atoms with Crippen molar-refractivity contribution in [2.24, 2.45) is 23.7 Å². The van der Waals surface area contributed by atoms with Crippen molar-refractivity contribution in [3.63, 3.8) is 0 Å². The highest BCUT2D eigenvalue weighted by atomic mass is 16.2. The molecule has 5 nitrogen and oxygen atoms in total. The topological polar surface area (TPSA) is 66.5 Å². The van der Waals surface area contributed by atoms with Gasteiger partial charge in [0.15, 0.2) is 0 Å². The van der Waals surface area contributed by atoms with E-state index < -0.39 is 6.04 Å². The lowest BCUT2D eigenvalue weighted by atomic mass is 9.81. The van der Waals surface area contributed by atoms with Crippen LogP contribution >= 0.6 is 0 Å². The first-order valence-corrected chi connectivity index (χ1v) is 11.2. The van der Waals surface area contributed by atoms with E-state index >= 15 is 0 Å². The van der Waals surface area contributed by atoms with Crippen LogP contribution in [0.5, 0.6) is 0 Å². The molecule has 3 fully saturated rings. The van der Waals surface area contributed by atoms with Crippen LogP contribution in [0.4, 0.5) is 5.69 Å². The summed E-state index contributed by atoms with van der Waals surface area (Å²) in [6.45, 7) is 3.89. The average molecular weight is 417 g/mol. The standard InChI is InChI=1S/C26H28N2O3/c1-15-7-6-8-16(2)23(15)27-24(29)20(13-17-9-4-3-5-10-17)28-25(30)21-18-11-12-19(14-18)22(21)26(28)31/h3-10,18-22H,11-14H2,1-2H3,(H,27,29)/t18-,19-,20+,21-,22+/m1/s1. The van der Waals surface area contributed by atoms with E-state index in [1.54, 1.807) is 0 Å². The van der Waals surface area contributed by atoms with Crippen LogP contribution < -0.4 is 5.32 Å². The van der Waals surface area contributed by atoms with Crippen LogP contribution in [-0.4, -0.2) is 28.7 Å². The summed E-state index contributed by atoms with van der Waals surface area (Å²) in [7, 11) is 0. The summed E-state index contributed by atoms with van der Waals surface area (Å²) in [5.41, 5.74) is 3.61. The Labute approximate surface area is 182 Å². The number of likely N-dealkylation sites (tertiary alicyclic amines) is 1. The van der Waals surface area contributed by atoms with Gasteiger partial charge < -0.3 is 5.32 Å². The molecule has 1 N–H and O–H groups in total. The van der Waals surface area contributed by atoms with Gasteiger partial charge in [-0.25, -0.2) is 0 Å². The number of carbonyl (C=O) groups excluding carboxylic acids is 3. The highest BCUT2D eigenvalue weighted by molar-refractivity contribution is 6.10. The van der Waals surface area contributed by atoms with Crippen LogP contribution in [-0.2, 0) is 20.8 Å². The number of nitrogens with zero attached hydrogens (tertiary/aromatic N) is 1. The van der Waals surface area contributed by atoms with Gasteiger partial charge in [-0.15, -0.1) is 0 Å². The number of fused-ring (bicyclic) bond motifs is 5. The second-order valence-corrected chi connectivity index (χ2v) is 9.39. The van der Waals surface area contributed by atoms with Crippen molar-refractivity contribution in [2.45, 2.75) is 45.6 Å². The molecule has 3 aliphatic rings. The van der Waals surface area contributed by atoms with E-state index in [2.05, 4.69) is 5.32 Å². The molecule has 2 saturated carbocycles. The summed E-state index contributed by atoms with van der Waals surface area (Å²) in [5.74, 6) is -0.420. The quantitative estimate of drug-likeness (QED) is 0.752. The van der Waals surface area contributed by atoms with Gasteiger partial charge in [0.2, 0.25) is 17.7 Å². The fourth-order valence-electron chi connectivity index (χ4n) is 6.10. The minimum absolute atomic E-state index is 0.139. The summed E-state index contributed by atoms with van der Waals surface area (Å²) in [6, 6.07) is 14.6. The smallest absolute Gasteiger partial charge is 0.248 e. The lowest BCUT2D eigenvalue weighted by molar-refractivity contribution is -0.147. The van der Waals surface area contributed by atoms with Gasteiger partial charge in [-0.05, 0) is 61.6 Å². The predicted octanol–water partition coefficient (Wildman–Crippen LogP) is 3.88. The molecule has 1 aliphatic heterocycles. The van der Waals surface area contributed by atoms with E-state index in [4.69, 9.17) is 0 Å². The number of carbonyl (C=O) groups is 3. The third kappa shape index (κ3) is 3.27. The lowest BCUT2D eigenvalue weighted by Gasteiger charge is -2.27. The molecule has 31 heavy (non-hydrogen) atoms. The van der Waals surface area contributed by atoms with Gasteiger partial charge in [-0.3, -0.25) is 19.3 Å². The molecule has 5 atom stereocenters. The highest BCUT2D eigenvalue weighted by Crippen LogP contribution is 2.56. The van der Waals surface area contributed by atoms with Crippen molar-refractivity contribution >= 4 is 23.4 Å². The maximum absolute atomic E-state index is 13.5.